The molecule has 2 aromatic carbocycles. The lowest BCUT2D eigenvalue weighted by Crippen LogP contribution is -2.24. The minimum atomic E-state index is -0.00135. The zero-order valence-corrected chi connectivity index (χ0v) is 12.1. The molecule has 0 N–H and O–H groups in total. The SMILES string of the molecule is [Si]c1ccc2c(c1)OCC1c3cc4c(cc3OC21)OCO4. The van der Waals surface area contributed by atoms with Crippen molar-refractivity contribution in [3.05, 3.63) is 41.5 Å². The first-order valence-electron chi connectivity index (χ1n) is 6.88. The van der Waals surface area contributed by atoms with Gasteiger partial charge in [-0.05, 0) is 12.1 Å². The molecule has 0 aromatic heterocycles. The topological polar surface area (TPSA) is 36.9 Å². The molecule has 2 atom stereocenters. The predicted octanol–water partition coefficient (Wildman–Crippen LogP) is 1.82. The summed E-state index contributed by atoms with van der Waals surface area (Å²) in [4.78, 5) is 0. The monoisotopic (exact) mass is 295 g/mol. The van der Waals surface area contributed by atoms with Crippen LogP contribution < -0.4 is 24.1 Å². The van der Waals surface area contributed by atoms with Crippen LogP contribution in [0, 0.1) is 0 Å². The third-order valence-corrected chi connectivity index (χ3v) is 4.57. The second kappa shape index (κ2) is 3.95. The number of rotatable bonds is 0. The van der Waals surface area contributed by atoms with E-state index in [0.717, 1.165) is 39.3 Å². The van der Waals surface area contributed by atoms with Crippen molar-refractivity contribution in [2.75, 3.05) is 13.4 Å². The second-order valence-electron chi connectivity index (χ2n) is 5.45. The summed E-state index contributed by atoms with van der Waals surface area (Å²) in [5, 5.41) is 1.00. The van der Waals surface area contributed by atoms with Crippen LogP contribution >= 0.6 is 0 Å². The fourth-order valence-corrected chi connectivity index (χ4v) is 3.46. The van der Waals surface area contributed by atoms with Gasteiger partial charge in [0.15, 0.2) is 11.5 Å². The third kappa shape index (κ3) is 1.55. The summed E-state index contributed by atoms with van der Waals surface area (Å²) in [5.41, 5.74) is 2.23. The maximum Gasteiger partial charge on any atom is 0.231 e. The Labute approximate surface area is 125 Å². The highest BCUT2D eigenvalue weighted by molar-refractivity contribution is 6.32. The molecule has 3 radical (unpaired) electrons. The Hall–Kier alpha value is -2.14. The minimum absolute atomic E-state index is 0.00135. The molecule has 21 heavy (non-hydrogen) atoms. The highest BCUT2D eigenvalue weighted by Gasteiger charge is 2.41. The van der Waals surface area contributed by atoms with Gasteiger partial charge in [0, 0.05) is 17.2 Å². The highest BCUT2D eigenvalue weighted by atomic mass is 28.1. The van der Waals surface area contributed by atoms with Crippen LogP contribution in [-0.2, 0) is 0 Å². The average Bonchev–Trinajstić information content (AvgIpc) is 3.07. The molecule has 0 bridgehead atoms. The lowest BCUT2D eigenvalue weighted by Gasteiger charge is -2.28. The number of benzene rings is 2. The Morgan fingerprint density at radius 3 is 2.62 bits per heavy atom. The molecule has 0 aliphatic carbocycles. The van der Waals surface area contributed by atoms with Gasteiger partial charge in [0.1, 0.15) is 17.6 Å². The molecule has 3 heterocycles. The molecule has 103 valence electrons. The molecule has 2 aromatic rings. The molecule has 0 fully saturated rings. The molecule has 3 aliphatic rings. The van der Waals surface area contributed by atoms with Gasteiger partial charge in [-0.1, -0.05) is 17.3 Å². The Bertz CT molecular complexity index is 758. The zero-order chi connectivity index (χ0) is 14.0. The van der Waals surface area contributed by atoms with Crippen molar-refractivity contribution in [3.63, 3.8) is 0 Å². The summed E-state index contributed by atoms with van der Waals surface area (Å²) in [7, 11) is 3.53. The van der Waals surface area contributed by atoms with Crippen molar-refractivity contribution in [2.24, 2.45) is 0 Å². The predicted molar refractivity (Wildman–Crippen MR) is 76.0 cm³/mol. The van der Waals surface area contributed by atoms with E-state index in [2.05, 4.69) is 16.3 Å². The zero-order valence-electron chi connectivity index (χ0n) is 11.1. The van der Waals surface area contributed by atoms with Crippen LogP contribution in [0.2, 0.25) is 0 Å². The van der Waals surface area contributed by atoms with Gasteiger partial charge < -0.3 is 18.9 Å². The van der Waals surface area contributed by atoms with Gasteiger partial charge in [0.2, 0.25) is 6.79 Å². The average molecular weight is 295 g/mol. The number of fused-ring (bicyclic) bond motifs is 6. The molecule has 5 rings (SSSR count). The van der Waals surface area contributed by atoms with E-state index < -0.39 is 0 Å². The Balaban J connectivity index is 1.62. The van der Waals surface area contributed by atoms with Gasteiger partial charge in [-0.15, -0.1) is 0 Å². The summed E-state index contributed by atoms with van der Waals surface area (Å²) >= 11 is 0. The number of ether oxygens (including phenoxy) is 4. The normalized spacial score (nSPS) is 23.7. The number of hydrogen-bond acceptors (Lipinski definition) is 4. The first-order valence-corrected chi connectivity index (χ1v) is 7.38. The summed E-state index contributed by atoms with van der Waals surface area (Å²) in [6.45, 7) is 0.888. The molecule has 0 spiro atoms. The van der Waals surface area contributed by atoms with E-state index in [9.17, 15) is 0 Å². The van der Waals surface area contributed by atoms with Gasteiger partial charge in [-0.3, -0.25) is 0 Å². The van der Waals surface area contributed by atoms with E-state index in [1.807, 2.05) is 24.3 Å². The maximum absolute atomic E-state index is 6.17. The van der Waals surface area contributed by atoms with Crippen molar-refractivity contribution >= 4 is 15.4 Å². The molecule has 5 heteroatoms. The summed E-state index contributed by atoms with van der Waals surface area (Å²) in [6.07, 6.45) is -0.00135. The maximum atomic E-state index is 6.17. The quantitative estimate of drug-likeness (QED) is 0.695. The van der Waals surface area contributed by atoms with E-state index in [0.29, 0.717) is 6.61 Å². The Morgan fingerprint density at radius 1 is 0.857 bits per heavy atom. The standard InChI is InChI=1S/C16H11O4Si/c21-8-1-2-9-12(3-8)17-6-11-10-4-14-15(19-7-18-14)5-13(10)20-16(9)11/h1-5,11,16H,6-7H2. The largest absolute Gasteiger partial charge is 0.492 e. The van der Waals surface area contributed by atoms with E-state index in [1.165, 1.54) is 0 Å². The molecule has 3 aliphatic heterocycles. The van der Waals surface area contributed by atoms with Crippen LogP contribution in [0.4, 0.5) is 0 Å². The van der Waals surface area contributed by atoms with Crippen LogP contribution in [-0.4, -0.2) is 23.6 Å². The van der Waals surface area contributed by atoms with E-state index in [4.69, 9.17) is 18.9 Å². The fraction of sp³-hybridized carbons (Fsp3) is 0.250. The van der Waals surface area contributed by atoms with Crippen molar-refractivity contribution in [1.82, 2.24) is 0 Å². The van der Waals surface area contributed by atoms with Crippen molar-refractivity contribution in [3.8, 4) is 23.0 Å². The Kier molecular flexibility index (Phi) is 2.16. The summed E-state index contributed by atoms with van der Waals surface area (Å²) in [6, 6.07) is 10.0. The van der Waals surface area contributed by atoms with Crippen LogP contribution in [0.15, 0.2) is 30.3 Å². The van der Waals surface area contributed by atoms with Crippen LogP contribution in [0.3, 0.4) is 0 Å². The number of hydrogen-bond donors (Lipinski definition) is 0. The van der Waals surface area contributed by atoms with E-state index in [-0.39, 0.29) is 18.8 Å². The molecule has 4 nitrogen and oxygen atoms in total. The molecule has 2 unspecified atom stereocenters. The van der Waals surface area contributed by atoms with Gasteiger partial charge in [-0.25, -0.2) is 0 Å². The fourth-order valence-electron chi connectivity index (χ4n) is 3.24. The summed E-state index contributed by atoms with van der Waals surface area (Å²) < 4.78 is 23.0. The minimum Gasteiger partial charge on any atom is -0.492 e. The van der Waals surface area contributed by atoms with E-state index in [1.54, 1.807) is 0 Å². The lowest BCUT2D eigenvalue weighted by atomic mass is 9.89. The van der Waals surface area contributed by atoms with Crippen LogP contribution in [0.25, 0.3) is 0 Å². The first kappa shape index (κ1) is 11.5. The van der Waals surface area contributed by atoms with Gasteiger partial charge in [0.25, 0.3) is 0 Å². The molecule has 0 amide bonds. The van der Waals surface area contributed by atoms with Crippen LogP contribution in [0.1, 0.15) is 23.1 Å². The van der Waals surface area contributed by atoms with Crippen LogP contribution in [0.5, 0.6) is 23.0 Å². The van der Waals surface area contributed by atoms with Crippen molar-refractivity contribution < 1.29 is 18.9 Å². The highest BCUT2D eigenvalue weighted by Crippen LogP contribution is 2.53. The molecular weight excluding hydrogens is 284 g/mol. The lowest BCUT2D eigenvalue weighted by molar-refractivity contribution is 0.139. The smallest absolute Gasteiger partial charge is 0.231 e. The van der Waals surface area contributed by atoms with Gasteiger partial charge in [0.05, 0.1) is 22.8 Å². The second-order valence-corrected chi connectivity index (χ2v) is 6.03. The van der Waals surface area contributed by atoms with E-state index >= 15 is 0 Å². The summed E-state index contributed by atoms with van der Waals surface area (Å²) in [5.74, 6) is 3.50. The first-order chi connectivity index (χ1) is 10.3. The molecular formula is C16H11O4Si. The molecule has 0 saturated carbocycles. The van der Waals surface area contributed by atoms with Crippen molar-refractivity contribution in [2.45, 2.75) is 12.0 Å². The molecule has 0 saturated heterocycles. The van der Waals surface area contributed by atoms with Gasteiger partial charge >= 0.3 is 0 Å². The van der Waals surface area contributed by atoms with Gasteiger partial charge in [-0.2, -0.15) is 0 Å². The van der Waals surface area contributed by atoms with Crippen molar-refractivity contribution in [1.29, 1.82) is 0 Å². The Morgan fingerprint density at radius 2 is 1.71 bits per heavy atom. The third-order valence-electron chi connectivity index (χ3n) is 4.26.